The van der Waals surface area contributed by atoms with Crippen LogP contribution in [-0.2, 0) is 17.6 Å². The molecule has 0 fully saturated rings. The fourth-order valence-corrected chi connectivity index (χ4v) is 3.47. The molecule has 3 aromatic rings. The number of benzene rings is 2. The van der Waals surface area contributed by atoms with Crippen molar-refractivity contribution in [3.63, 3.8) is 0 Å². The van der Waals surface area contributed by atoms with Gasteiger partial charge >= 0.3 is 0 Å². The number of aromatic nitrogens is 4. The van der Waals surface area contributed by atoms with Crippen molar-refractivity contribution in [1.29, 1.82) is 0 Å². The second-order valence-electron chi connectivity index (χ2n) is 6.52. The summed E-state index contributed by atoms with van der Waals surface area (Å²) in [7, 11) is 0. The van der Waals surface area contributed by atoms with E-state index in [-0.39, 0.29) is 11.9 Å². The van der Waals surface area contributed by atoms with Crippen molar-refractivity contribution in [2.75, 3.05) is 0 Å². The Morgan fingerprint density at radius 3 is 2.76 bits per heavy atom. The molecule has 0 radical (unpaired) electrons. The fraction of sp³-hybridized carbons (Fsp3) is 0.263. The van der Waals surface area contributed by atoms with E-state index in [0.717, 1.165) is 17.7 Å². The van der Waals surface area contributed by atoms with E-state index in [1.807, 2.05) is 30.3 Å². The van der Waals surface area contributed by atoms with Gasteiger partial charge in [0.15, 0.2) is 0 Å². The van der Waals surface area contributed by atoms with E-state index in [1.54, 1.807) is 11.0 Å². The lowest BCUT2D eigenvalue weighted by Crippen LogP contribution is -2.31. The van der Waals surface area contributed by atoms with Crippen LogP contribution in [0.15, 0.2) is 54.9 Å². The van der Waals surface area contributed by atoms with E-state index in [1.165, 1.54) is 11.1 Å². The molecule has 0 spiro atoms. The molecule has 1 aromatic heterocycles. The van der Waals surface area contributed by atoms with Crippen molar-refractivity contribution in [3.05, 3.63) is 71.5 Å². The smallest absolute Gasteiger partial charge is 0.224 e. The number of tetrazole rings is 1. The molecule has 1 amide bonds. The monoisotopic (exact) mass is 333 g/mol. The molecule has 1 N–H and O–H groups in total. The summed E-state index contributed by atoms with van der Waals surface area (Å²) in [5, 5.41) is 14.3. The van der Waals surface area contributed by atoms with E-state index < -0.39 is 0 Å². The summed E-state index contributed by atoms with van der Waals surface area (Å²) < 4.78 is 1.58. The maximum absolute atomic E-state index is 12.5. The summed E-state index contributed by atoms with van der Waals surface area (Å²) in [6.07, 6.45) is 2.92. The number of carbonyl (C=O) groups excluding carboxylic acids is 1. The first-order valence-corrected chi connectivity index (χ1v) is 8.40. The number of fused-ring (bicyclic) bond motifs is 1. The molecule has 2 aromatic carbocycles. The minimum Gasteiger partial charge on any atom is -0.349 e. The Morgan fingerprint density at radius 1 is 1.20 bits per heavy atom. The first-order chi connectivity index (χ1) is 12.2. The standard InChI is InChI=1S/C19H19N5O/c1-13-10-15-4-2-3-5-17(15)19(13)21-18(25)11-14-6-8-16(9-7-14)24-12-20-22-23-24/h2-9,12-13,19H,10-11H2,1H3,(H,21,25)/t13-,19-/m0/s1. The van der Waals surface area contributed by atoms with Gasteiger partial charge in [-0.2, -0.15) is 0 Å². The lowest BCUT2D eigenvalue weighted by molar-refractivity contribution is -0.121. The maximum atomic E-state index is 12.5. The molecule has 6 nitrogen and oxygen atoms in total. The Bertz CT molecular complexity index is 873. The Balaban J connectivity index is 1.42. The van der Waals surface area contributed by atoms with E-state index in [4.69, 9.17) is 0 Å². The van der Waals surface area contributed by atoms with Gasteiger partial charge < -0.3 is 5.32 Å². The van der Waals surface area contributed by atoms with Gasteiger partial charge in [0, 0.05) is 0 Å². The average molecular weight is 333 g/mol. The van der Waals surface area contributed by atoms with Crippen LogP contribution in [0.2, 0.25) is 0 Å². The minimum absolute atomic E-state index is 0.0451. The Labute approximate surface area is 145 Å². The van der Waals surface area contributed by atoms with Crippen LogP contribution in [-0.4, -0.2) is 26.1 Å². The summed E-state index contributed by atoms with van der Waals surface area (Å²) in [6.45, 7) is 2.19. The molecule has 2 atom stereocenters. The van der Waals surface area contributed by atoms with Crippen molar-refractivity contribution in [2.45, 2.75) is 25.8 Å². The summed E-state index contributed by atoms with van der Waals surface area (Å²) in [6, 6.07) is 16.1. The molecule has 1 aliphatic rings. The number of nitrogens with zero attached hydrogens (tertiary/aromatic N) is 4. The third kappa shape index (κ3) is 3.15. The first kappa shape index (κ1) is 15.5. The largest absolute Gasteiger partial charge is 0.349 e. The second kappa shape index (κ2) is 6.47. The lowest BCUT2D eigenvalue weighted by atomic mass is 10.0. The molecule has 25 heavy (non-hydrogen) atoms. The number of carbonyl (C=O) groups is 1. The third-order valence-electron chi connectivity index (χ3n) is 4.73. The number of nitrogens with one attached hydrogen (secondary N) is 1. The molecule has 126 valence electrons. The lowest BCUT2D eigenvalue weighted by Gasteiger charge is -2.19. The Morgan fingerprint density at radius 2 is 2.00 bits per heavy atom. The maximum Gasteiger partial charge on any atom is 0.224 e. The average Bonchev–Trinajstić information content (AvgIpc) is 3.25. The van der Waals surface area contributed by atoms with Crippen molar-refractivity contribution in [3.8, 4) is 5.69 Å². The van der Waals surface area contributed by atoms with E-state index in [0.29, 0.717) is 12.3 Å². The van der Waals surface area contributed by atoms with Crippen LogP contribution in [0.25, 0.3) is 5.69 Å². The van der Waals surface area contributed by atoms with Crippen LogP contribution in [0, 0.1) is 5.92 Å². The zero-order chi connectivity index (χ0) is 17.2. The van der Waals surface area contributed by atoms with Crippen molar-refractivity contribution < 1.29 is 4.79 Å². The highest BCUT2D eigenvalue weighted by Crippen LogP contribution is 2.35. The van der Waals surface area contributed by atoms with Gasteiger partial charge in [0.05, 0.1) is 18.2 Å². The molecule has 4 rings (SSSR count). The van der Waals surface area contributed by atoms with Gasteiger partial charge in [0.25, 0.3) is 0 Å². The highest BCUT2D eigenvalue weighted by molar-refractivity contribution is 5.79. The van der Waals surface area contributed by atoms with Crippen LogP contribution >= 0.6 is 0 Å². The minimum atomic E-state index is 0.0451. The number of hydrogen-bond donors (Lipinski definition) is 1. The molecule has 1 heterocycles. The summed E-state index contributed by atoms with van der Waals surface area (Å²) in [5.74, 6) is 0.465. The first-order valence-electron chi connectivity index (χ1n) is 8.40. The Kier molecular flexibility index (Phi) is 4.01. The van der Waals surface area contributed by atoms with Gasteiger partial charge in [-0.05, 0) is 51.6 Å². The SMILES string of the molecule is C[C@H]1Cc2ccccc2[C@H]1NC(=O)Cc1ccc(-n2cnnn2)cc1. The second-order valence-corrected chi connectivity index (χ2v) is 6.52. The van der Waals surface area contributed by atoms with Gasteiger partial charge in [0.2, 0.25) is 5.91 Å². The van der Waals surface area contributed by atoms with Crippen molar-refractivity contribution in [2.24, 2.45) is 5.92 Å². The number of rotatable bonds is 4. The molecular weight excluding hydrogens is 314 g/mol. The fourth-order valence-electron chi connectivity index (χ4n) is 3.47. The summed E-state index contributed by atoms with van der Waals surface area (Å²) in [4.78, 5) is 12.5. The summed E-state index contributed by atoms with van der Waals surface area (Å²) in [5.41, 5.74) is 4.42. The van der Waals surface area contributed by atoms with Crippen LogP contribution in [0.1, 0.15) is 29.7 Å². The van der Waals surface area contributed by atoms with Crippen molar-refractivity contribution >= 4 is 5.91 Å². The molecule has 0 aliphatic heterocycles. The number of hydrogen-bond acceptors (Lipinski definition) is 4. The predicted molar refractivity (Wildman–Crippen MR) is 93.1 cm³/mol. The quantitative estimate of drug-likeness (QED) is 0.795. The molecule has 0 saturated carbocycles. The molecule has 0 unspecified atom stereocenters. The van der Waals surface area contributed by atoms with E-state index in [9.17, 15) is 4.79 Å². The molecular formula is C19H19N5O. The predicted octanol–water partition coefficient (Wildman–Crippen LogP) is 2.25. The zero-order valence-corrected chi connectivity index (χ0v) is 14.0. The van der Waals surface area contributed by atoms with Gasteiger partial charge in [-0.25, -0.2) is 4.68 Å². The molecule has 1 aliphatic carbocycles. The molecule has 0 bridgehead atoms. The normalized spacial score (nSPS) is 18.8. The van der Waals surface area contributed by atoms with Gasteiger partial charge in [0.1, 0.15) is 6.33 Å². The van der Waals surface area contributed by atoms with E-state index >= 15 is 0 Å². The van der Waals surface area contributed by atoms with Crippen LogP contribution in [0.4, 0.5) is 0 Å². The van der Waals surface area contributed by atoms with Crippen LogP contribution in [0.3, 0.4) is 0 Å². The summed E-state index contributed by atoms with van der Waals surface area (Å²) >= 11 is 0. The zero-order valence-electron chi connectivity index (χ0n) is 14.0. The van der Waals surface area contributed by atoms with Gasteiger partial charge in [-0.1, -0.05) is 43.3 Å². The Hall–Kier alpha value is -3.02. The highest BCUT2D eigenvalue weighted by Gasteiger charge is 2.29. The highest BCUT2D eigenvalue weighted by atomic mass is 16.1. The molecule has 0 saturated heterocycles. The topological polar surface area (TPSA) is 72.7 Å². The van der Waals surface area contributed by atoms with Gasteiger partial charge in [-0.3, -0.25) is 4.79 Å². The van der Waals surface area contributed by atoms with Gasteiger partial charge in [-0.15, -0.1) is 5.10 Å². The van der Waals surface area contributed by atoms with E-state index in [2.05, 4.69) is 46.0 Å². The van der Waals surface area contributed by atoms with Crippen LogP contribution < -0.4 is 5.32 Å². The third-order valence-corrected chi connectivity index (χ3v) is 4.73. The number of amides is 1. The van der Waals surface area contributed by atoms with Crippen molar-refractivity contribution in [1.82, 2.24) is 25.5 Å². The van der Waals surface area contributed by atoms with Crippen LogP contribution in [0.5, 0.6) is 0 Å². The molecule has 6 heteroatoms.